The molecule has 0 fully saturated rings. The van der Waals surface area contributed by atoms with Gasteiger partial charge >= 0.3 is 0 Å². The number of nitrogens with zero attached hydrogens (tertiary/aromatic N) is 1. The second-order valence-electron chi connectivity index (χ2n) is 4.84. The van der Waals surface area contributed by atoms with Gasteiger partial charge < -0.3 is 16.0 Å². The van der Waals surface area contributed by atoms with Gasteiger partial charge in [0.15, 0.2) is 0 Å². The van der Waals surface area contributed by atoms with Gasteiger partial charge in [-0.1, -0.05) is 24.3 Å². The molecule has 0 aliphatic heterocycles. The van der Waals surface area contributed by atoms with E-state index >= 15 is 0 Å². The molecule has 0 saturated heterocycles. The number of H-pyrrole nitrogens is 1. The minimum absolute atomic E-state index is 0.401. The van der Waals surface area contributed by atoms with Crippen LogP contribution in [0.1, 0.15) is 15.9 Å². The van der Waals surface area contributed by atoms with Crippen LogP contribution >= 0.6 is 0 Å². The van der Waals surface area contributed by atoms with E-state index in [1.807, 2.05) is 42.5 Å². The first kappa shape index (κ1) is 13.2. The van der Waals surface area contributed by atoms with Crippen LogP contribution in [0.2, 0.25) is 0 Å². The lowest BCUT2D eigenvalue weighted by Crippen LogP contribution is -2.12. The molecular weight excluding hydrogens is 264 g/mol. The minimum atomic E-state index is -0.401. The molecule has 106 valence electrons. The number of benzene rings is 2. The fraction of sp³-hybridized carbons (Fsp3) is 0.125. The first-order valence-corrected chi connectivity index (χ1v) is 6.80. The summed E-state index contributed by atoms with van der Waals surface area (Å²) < 4.78 is 0. The quantitative estimate of drug-likeness (QED) is 0.670. The highest BCUT2D eigenvalue weighted by Gasteiger charge is 2.03. The lowest BCUT2D eigenvalue weighted by atomic mass is 10.1. The number of fused-ring (bicyclic) bond motifs is 1. The number of imidazole rings is 1. The summed E-state index contributed by atoms with van der Waals surface area (Å²) in [5.41, 5.74) is 8.83. The van der Waals surface area contributed by atoms with Crippen LogP contribution in [0.5, 0.6) is 0 Å². The van der Waals surface area contributed by atoms with Gasteiger partial charge in [0.2, 0.25) is 11.9 Å². The summed E-state index contributed by atoms with van der Waals surface area (Å²) in [5, 5.41) is 3.25. The first-order chi connectivity index (χ1) is 10.2. The van der Waals surface area contributed by atoms with Crippen LogP contribution in [-0.2, 0) is 6.42 Å². The summed E-state index contributed by atoms with van der Waals surface area (Å²) in [6.45, 7) is 0.724. The third-order valence-electron chi connectivity index (χ3n) is 3.31. The summed E-state index contributed by atoms with van der Waals surface area (Å²) in [6, 6.07) is 15.3. The topological polar surface area (TPSA) is 83.8 Å². The van der Waals surface area contributed by atoms with Gasteiger partial charge in [0.05, 0.1) is 11.0 Å². The van der Waals surface area contributed by atoms with Crippen molar-refractivity contribution in [3.05, 3.63) is 59.7 Å². The summed E-state index contributed by atoms with van der Waals surface area (Å²) in [7, 11) is 0. The predicted molar refractivity (Wildman–Crippen MR) is 83.2 cm³/mol. The molecule has 3 rings (SSSR count). The Balaban J connectivity index is 1.63. The molecule has 1 heterocycles. The van der Waals surface area contributed by atoms with Crippen LogP contribution in [-0.4, -0.2) is 22.4 Å². The Labute approximate surface area is 122 Å². The molecule has 0 radical (unpaired) electrons. The third-order valence-corrected chi connectivity index (χ3v) is 3.31. The van der Waals surface area contributed by atoms with E-state index in [0.29, 0.717) is 5.56 Å². The molecular formula is C16H16N4O. The number of rotatable bonds is 5. The Morgan fingerprint density at radius 3 is 2.86 bits per heavy atom. The highest BCUT2D eigenvalue weighted by molar-refractivity contribution is 5.92. The van der Waals surface area contributed by atoms with Gasteiger partial charge in [-0.2, -0.15) is 0 Å². The van der Waals surface area contributed by atoms with E-state index in [1.165, 1.54) is 0 Å². The lowest BCUT2D eigenvalue weighted by Gasteiger charge is -2.04. The van der Waals surface area contributed by atoms with E-state index in [9.17, 15) is 4.79 Å². The molecule has 0 unspecified atom stereocenters. The molecule has 4 N–H and O–H groups in total. The van der Waals surface area contributed by atoms with Gasteiger partial charge in [0, 0.05) is 12.1 Å². The van der Waals surface area contributed by atoms with Crippen molar-refractivity contribution in [3.8, 4) is 0 Å². The van der Waals surface area contributed by atoms with Gasteiger partial charge in [-0.15, -0.1) is 0 Å². The number of anilines is 1. The van der Waals surface area contributed by atoms with E-state index in [0.717, 1.165) is 35.5 Å². The highest BCUT2D eigenvalue weighted by Crippen LogP contribution is 2.13. The van der Waals surface area contributed by atoms with Crippen molar-refractivity contribution in [2.24, 2.45) is 5.73 Å². The van der Waals surface area contributed by atoms with Crippen molar-refractivity contribution in [1.29, 1.82) is 0 Å². The number of aromatic amines is 1. The van der Waals surface area contributed by atoms with E-state index in [4.69, 9.17) is 5.73 Å². The third kappa shape index (κ3) is 3.02. The Hall–Kier alpha value is -2.82. The van der Waals surface area contributed by atoms with Crippen molar-refractivity contribution < 1.29 is 4.79 Å². The largest absolute Gasteiger partial charge is 0.366 e. The minimum Gasteiger partial charge on any atom is -0.366 e. The fourth-order valence-corrected chi connectivity index (χ4v) is 2.24. The van der Waals surface area contributed by atoms with Gasteiger partial charge in [-0.3, -0.25) is 4.79 Å². The average molecular weight is 280 g/mol. The van der Waals surface area contributed by atoms with Crippen LogP contribution in [0.3, 0.4) is 0 Å². The summed E-state index contributed by atoms with van der Waals surface area (Å²) >= 11 is 0. The molecule has 0 bridgehead atoms. The molecule has 2 aromatic carbocycles. The van der Waals surface area contributed by atoms with E-state index in [2.05, 4.69) is 15.3 Å². The smallest absolute Gasteiger partial charge is 0.248 e. The molecule has 21 heavy (non-hydrogen) atoms. The monoisotopic (exact) mass is 280 g/mol. The maximum atomic E-state index is 11.1. The summed E-state index contributed by atoms with van der Waals surface area (Å²) in [5.74, 6) is 0.351. The normalized spacial score (nSPS) is 10.7. The zero-order chi connectivity index (χ0) is 14.7. The second kappa shape index (κ2) is 5.66. The molecule has 0 atom stereocenters. The maximum Gasteiger partial charge on any atom is 0.248 e. The molecule has 0 saturated carbocycles. The van der Waals surface area contributed by atoms with Crippen LogP contribution in [0.25, 0.3) is 11.0 Å². The molecule has 1 aromatic heterocycles. The molecule has 0 aliphatic carbocycles. The molecule has 1 amide bonds. The standard InChI is InChI=1S/C16H16N4O/c17-15(21)12-5-3-4-11(10-12)8-9-18-16-19-13-6-1-2-7-14(13)20-16/h1-7,10H,8-9H2,(H2,17,21)(H2,18,19,20). The molecule has 3 aromatic rings. The molecule has 0 aliphatic rings. The molecule has 0 spiro atoms. The number of hydrogen-bond donors (Lipinski definition) is 3. The van der Waals surface area contributed by atoms with E-state index in [1.54, 1.807) is 6.07 Å². The summed E-state index contributed by atoms with van der Waals surface area (Å²) in [4.78, 5) is 18.8. The number of amides is 1. The Kier molecular flexibility index (Phi) is 3.55. The Morgan fingerprint density at radius 2 is 2.05 bits per heavy atom. The summed E-state index contributed by atoms with van der Waals surface area (Å²) in [6.07, 6.45) is 0.790. The number of nitrogens with two attached hydrogens (primary N) is 1. The van der Waals surface area contributed by atoms with Crippen molar-refractivity contribution in [2.45, 2.75) is 6.42 Å². The second-order valence-corrected chi connectivity index (χ2v) is 4.84. The van der Waals surface area contributed by atoms with Crippen molar-refractivity contribution in [2.75, 3.05) is 11.9 Å². The molecule has 5 nitrogen and oxygen atoms in total. The Morgan fingerprint density at radius 1 is 1.19 bits per heavy atom. The fourth-order valence-electron chi connectivity index (χ4n) is 2.24. The van der Waals surface area contributed by atoms with Gasteiger partial charge in [-0.05, 0) is 36.2 Å². The van der Waals surface area contributed by atoms with Crippen LogP contribution in [0, 0.1) is 0 Å². The number of nitrogens with one attached hydrogen (secondary N) is 2. The lowest BCUT2D eigenvalue weighted by molar-refractivity contribution is 0.1000. The predicted octanol–water partition coefficient (Wildman–Crippen LogP) is 2.32. The highest BCUT2D eigenvalue weighted by atomic mass is 16.1. The number of primary amides is 1. The van der Waals surface area contributed by atoms with E-state index < -0.39 is 5.91 Å². The van der Waals surface area contributed by atoms with Gasteiger partial charge in [0.25, 0.3) is 0 Å². The number of carbonyl (C=O) groups excluding carboxylic acids is 1. The zero-order valence-electron chi connectivity index (χ0n) is 11.5. The SMILES string of the molecule is NC(=O)c1cccc(CCNc2nc3ccccc3[nH]2)c1. The zero-order valence-corrected chi connectivity index (χ0v) is 11.5. The van der Waals surface area contributed by atoms with Crippen molar-refractivity contribution in [3.63, 3.8) is 0 Å². The van der Waals surface area contributed by atoms with E-state index in [-0.39, 0.29) is 0 Å². The van der Waals surface area contributed by atoms with Gasteiger partial charge in [-0.25, -0.2) is 4.98 Å². The van der Waals surface area contributed by atoms with Crippen LogP contribution in [0.4, 0.5) is 5.95 Å². The number of carbonyl (C=O) groups is 1. The average Bonchev–Trinajstić information content (AvgIpc) is 2.90. The van der Waals surface area contributed by atoms with Crippen LogP contribution in [0.15, 0.2) is 48.5 Å². The molecule has 5 heteroatoms. The maximum absolute atomic E-state index is 11.1. The van der Waals surface area contributed by atoms with Crippen LogP contribution < -0.4 is 11.1 Å². The van der Waals surface area contributed by atoms with Crippen molar-refractivity contribution in [1.82, 2.24) is 9.97 Å². The number of aromatic nitrogens is 2. The van der Waals surface area contributed by atoms with Gasteiger partial charge in [0.1, 0.15) is 0 Å². The Bertz CT molecular complexity index is 746. The number of para-hydroxylation sites is 2. The first-order valence-electron chi connectivity index (χ1n) is 6.80. The van der Waals surface area contributed by atoms with Crippen molar-refractivity contribution >= 4 is 22.9 Å². The number of hydrogen-bond acceptors (Lipinski definition) is 3.